The van der Waals surface area contributed by atoms with Gasteiger partial charge < -0.3 is 14.3 Å². The highest BCUT2D eigenvalue weighted by Crippen LogP contribution is 2.26. The zero-order chi connectivity index (χ0) is 21.8. The molecule has 0 spiro atoms. The van der Waals surface area contributed by atoms with E-state index >= 15 is 0 Å². The summed E-state index contributed by atoms with van der Waals surface area (Å²) >= 11 is 6.01. The van der Waals surface area contributed by atoms with Crippen LogP contribution >= 0.6 is 11.6 Å². The van der Waals surface area contributed by atoms with Crippen molar-refractivity contribution in [2.24, 2.45) is 0 Å². The molecular formula is C21H23ClN4O4S. The van der Waals surface area contributed by atoms with Gasteiger partial charge in [0.1, 0.15) is 10.8 Å². The Bertz CT molecular complexity index is 1260. The first-order valence-corrected chi connectivity index (χ1v) is 12.0. The van der Waals surface area contributed by atoms with Gasteiger partial charge in [-0.3, -0.25) is 9.69 Å². The Morgan fingerprint density at radius 1 is 1.10 bits per heavy atom. The van der Waals surface area contributed by atoms with Crippen molar-refractivity contribution in [1.82, 2.24) is 19.1 Å². The van der Waals surface area contributed by atoms with Gasteiger partial charge >= 0.3 is 0 Å². The smallest absolute Gasteiger partial charge is 0.289 e. The Labute approximate surface area is 185 Å². The van der Waals surface area contributed by atoms with E-state index in [2.05, 4.69) is 9.88 Å². The number of rotatable bonds is 3. The first kappa shape index (κ1) is 20.6. The molecule has 5 rings (SSSR count). The molecule has 0 saturated carbocycles. The molecule has 0 bridgehead atoms. The Morgan fingerprint density at radius 3 is 2.65 bits per heavy atom. The summed E-state index contributed by atoms with van der Waals surface area (Å²) < 4.78 is 33.4. The molecule has 8 nitrogen and oxygen atoms in total. The standard InChI is InChI=1S/C21H23ClN4O4S/c1-24-5-4-14-11-18(30-19(14)13-24)21(27)25-6-8-26(9-7-25)31(28,29)20-12-15-10-16(22)2-3-17(15)23-20/h2-3,10-12,23H,4-9,13H2,1H3. The van der Waals surface area contributed by atoms with Gasteiger partial charge in [-0.1, -0.05) is 11.6 Å². The maximum atomic E-state index is 13.1. The molecule has 2 aliphatic heterocycles. The molecule has 0 radical (unpaired) electrons. The van der Waals surface area contributed by atoms with Crippen molar-refractivity contribution in [3.8, 4) is 0 Å². The average molecular weight is 463 g/mol. The maximum Gasteiger partial charge on any atom is 0.289 e. The largest absolute Gasteiger partial charge is 0.454 e. The third kappa shape index (κ3) is 3.76. The number of hydrogen-bond donors (Lipinski definition) is 1. The van der Waals surface area contributed by atoms with Crippen LogP contribution in [-0.2, 0) is 23.0 Å². The zero-order valence-corrected chi connectivity index (χ0v) is 18.7. The maximum absolute atomic E-state index is 13.1. The molecule has 0 unspecified atom stereocenters. The molecule has 1 fully saturated rings. The predicted octanol–water partition coefficient (Wildman–Crippen LogP) is 2.55. The zero-order valence-electron chi connectivity index (χ0n) is 17.1. The highest BCUT2D eigenvalue weighted by molar-refractivity contribution is 7.89. The summed E-state index contributed by atoms with van der Waals surface area (Å²) in [5.41, 5.74) is 1.80. The lowest BCUT2D eigenvalue weighted by Gasteiger charge is -2.33. The van der Waals surface area contributed by atoms with Crippen LogP contribution in [-0.4, -0.2) is 73.2 Å². The number of furan rings is 1. The topological polar surface area (TPSA) is 89.9 Å². The highest BCUT2D eigenvalue weighted by Gasteiger charge is 2.33. The van der Waals surface area contributed by atoms with Crippen LogP contribution in [0.3, 0.4) is 0 Å². The van der Waals surface area contributed by atoms with Crippen molar-refractivity contribution in [1.29, 1.82) is 0 Å². The number of likely N-dealkylation sites (N-methyl/N-ethyl adjacent to an activating group) is 1. The molecular weight excluding hydrogens is 440 g/mol. The Hall–Kier alpha value is -2.33. The Morgan fingerprint density at radius 2 is 1.87 bits per heavy atom. The lowest BCUT2D eigenvalue weighted by atomic mass is 10.1. The number of H-pyrrole nitrogens is 1. The van der Waals surface area contributed by atoms with E-state index in [1.54, 1.807) is 29.2 Å². The fraction of sp³-hybridized carbons (Fsp3) is 0.381. The van der Waals surface area contributed by atoms with E-state index in [0.717, 1.165) is 29.7 Å². The number of piperazine rings is 1. The molecule has 0 aliphatic carbocycles. The summed E-state index contributed by atoms with van der Waals surface area (Å²) in [6.45, 7) is 2.73. The van der Waals surface area contributed by atoms with Gasteiger partial charge in [0, 0.05) is 48.6 Å². The summed E-state index contributed by atoms with van der Waals surface area (Å²) in [6, 6.07) is 8.63. The molecule has 31 heavy (non-hydrogen) atoms. The van der Waals surface area contributed by atoms with Crippen LogP contribution in [0, 0.1) is 0 Å². The number of aromatic amines is 1. The number of sulfonamides is 1. The van der Waals surface area contributed by atoms with Gasteiger partial charge in [0.05, 0.1) is 6.54 Å². The molecule has 2 aromatic heterocycles. The van der Waals surface area contributed by atoms with Gasteiger partial charge in [0.2, 0.25) is 0 Å². The normalized spacial score (nSPS) is 18.5. The molecule has 1 saturated heterocycles. The summed E-state index contributed by atoms with van der Waals surface area (Å²) in [7, 11) is -1.67. The minimum absolute atomic E-state index is 0.132. The van der Waals surface area contributed by atoms with E-state index in [0.29, 0.717) is 35.9 Å². The number of aromatic nitrogens is 1. The highest BCUT2D eigenvalue weighted by atomic mass is 35.5. The van der Waals surface area contributed by atoms with Crippen LogP contribution in [0.5, 0.6) is 0 Å². The van der Waals surface area contributed by atoms with Crippen molar-refractivity contribution in [3.63, 3.8) is 0 Å². The van der Waals surface area contributed by atoms with E-state index in [1.807, 2.05) is 13.1 Å². The quantitative estimate of drug-likeness (QED) is 0.646. The number of carbonyl (C=O) groups is 1. The van der Waals surface area contributed by atoms with Crippen LogP contribution < -0.4 is 0 Å². The second kappa shape index (κ2) is 7.67. The van der Waals surface area contributed by atoms with E-state index < -0.39 is 10.0 Å². The van der Waals surface area contributed by atoms with Gasteiger partial charge in [-0.2, -0.15) is 4.31 Å². The second-order valence-corrected chi connectivity index (χ2v) is 10.5. The minimum atomic E-state index is -3.69. The van der Waals surface area contributed by atoms with E-state index in [1.165, 1.54) is 4.31 Å². The molecule has 2 aliphatic rings. The fourth-order valence-corrected chi connectivity index (χ4v) is 5.81. The van der Waals surface area contributed by atoms with Crippen LogP contribution in [0.25, 0.3) is 10.9 Å². The summed E-state index contributed by atoms with van der Waals surface area (Å²) in [5, 5.41) is 1.42. The minimum Gasteiger partial charge on any atom is -0.454 e. The van der Waals surface area contributed by atoms with E-state index in [4.69, 9.17) is 16.0 Å². The van der Waals surface area contributed by atoms with E-state index in [9.17, 15) is 13.2 Å². The SMILES string of the molecule is CN1CCc2cc(C(=O)N3CCN(S(=O)(=O)c4cc5cc(Cl)ccc5[nH]4)CC3)oc2C1. The molecule has 0 atom stereocenters. The van der Waals surface area contributed by atoms with Crippen LogP contribution in [0.4, 0.5) is 0 Å². The van der Waals surface area contributed by atoms with Crippen molar-refractivity contribution in [2.75, 3.05) is 39.8 Å². The fourth-order valence-electron chi connectivity index (χ4n) is 4.20. The van der Waals surface area contributed by atoms with Gasteiger partial charge in [0.25, 0.3) is 15.9 Å². The van der Waals surface area contributed by atoms with Crippen molar-refractivity contribution >= 4 is 38.4 Å². The Kier molecular flexibility index (Phi) is 5.09. The summed E-state index contributed by atoms with van der Waals surface area (Å²) in [5.74, 6) is 0.996. The van der Waals surface area contributed by atoms with E-state index in [-0.39, 0.29) is 24.0 Å². The molecule has 1 N–H and O–H groups in total. The van der Waals surface area contributed by atoms with Gasteiger partial charge in [-0.15, -0.1) is 0 Å². The lowest BCUT2D eigenvalue weighted by molar-refractivity contribution is 0.0662. The first-order chi connectivity index (χ1) is 14.8. The molecule has 164 valence electrons. The second-order valence-electron chi connectivity index (χ2n) is 8.11. The summed E-state index contributed by atoms with van der Waals surface area (Å²) in [4.78, 5) is 19.7. The number of amides is 1. The van der Waals surface area contributed by atoms with Crippen LogP contribution in [0.15, 0.2) is 39.8 Å². The lowest BCUT2D eigenvalue weighted by Crippen LogP contribution is -2.50. The number of halogens is 1. The van der Waals surface area contributed by atoms with Crippen LogP contribution in [0.1, 0.15) is 21.9 Å². The number of hydrogen-bond acceptors (Lipinski definition) is 5. The van der Waals surface area contributed by atoms with Crippen molar-refractivity contribution in [2.45, 2.75) is 18.0 Å². The third-order valence-corrected chi connectivity index (χ3v) is 8.04. The number of nitrogens with zero attached hydrogens (tertiary/aromatic N) is 3. The van der Waals surface area contributed by atoms with Gasteiger partial charge in [-0.25, -0.2) is 8.42 Å². The summed E-state index contributed by atoms with van der Waals surface area (Å²) in [6.07, 6.45) is 0.865. The van der Waals surface area contributed by atoms with Crippen molar-refractivity contribution < 1.29 is 17.6 Å². The van der Waals surface area contributed by atoms with Crippen molar-refractivity contribution in [3.05, 3.63) is 52.4 Å². The molecule has 1 amide bonds. The van der Waals surface area contributed by atoms with Gasteiger partial charge in [0.15, 0.2) is 5.76 Å². The third-order valence-electron chi connectivity index (χ3n) is 5.99. The van der Waals surface area contributed by atoms with Crippen LogP contribution in [0.2, 0.25) is 5.02 Å². The average Bonchev–Trinajstić information content (AvgIpc) is 3.37. The number of benzene rings is 1. The number of fused-ring (bicyclic) bond motifs is 2. The Balaban J connectivity index is 1.28. The number of carbonyl (C=O) groups excluding carboxylic acids is 1. The number of nitrogens with one attached hydrogen (secondary N) is 1. The monoisotopic (exact) mass is 462 g/mol. The molecule has 4 heterocycles. The predicted molar refractivity (Wildman–Crippen MR) is 117 cm³/mol. The molecule has 10 heteroatoms. The van der Waals surface area contributed by atoms with Gasteiger partial charge in [-0.05, 0) is 49.4 Å². The molecule has 1 aromatic carbocycles. The molecule has 3 aromatic rings. The first-order valence-electron chi connectivity index (χ1n) is 10.2.